The zero-order valence-corrected chi connectivity index (χ0v) is 18.6. The maximum absolute atomic E-state index is 12.8. The summed E-state index contributed by atoms with van der Waals surface area (Å²) in [5, 5.41) is 16.8. The van der Waals surface area contributed by atoms with E-state index in [4.69, 9.17) is 11.5 Å². The predicted molar refractivity (Wildman–Crippen MR) is 117 cm³/mol. The van der Waals surface area contributed by atoms with Crippen LogP contribution in [0.1, 0.15) is 45.2 Å². The van der Waals surface area contributed by atoms with Gasteiger partial charge in [0, 0.05) is 18.3 Å². The van der Waals surface area contributed by atoms with Gasteiger partial charge in [-0.15, -0.1) is 0 Å². The Hall–Kier alpha value is -2.99. The number of carboxylic acid groups (broad SMARTS) is 1. The first-order valence-electron chi connectivity index (χ1n) is 10.7. The molecule has 0 aliphatic carbocycles. The number of carbonyl (C=O) groups excluding carboxylic acids is 3. The second-order valence-electron chi connectivity index (χ2n) is 8.04. The molecule has 0 fully saturated rings. The molecule has 0 radical (unpaired) electrons. The molecule has 1 heterocycles. The Bertz CT molecular complexity index is 739. The largest absolute Gasteiger partial charge is 0.480 e. The van der Waals surface area contributed by atoms with Crippen LogP contribution in [-0.2, 0) is 25.6 Å². The summed E-state index contributed by atoms with van der Waals surface area (Å²) in [6, 6.07) is -2.92. The van der Waals surface area contributed by atoms with Crippen LogP contribution in [0.3, 0.4) is 0 Å². The van der Waals surface area contributed by atoms with Gasteiger partial charge in [0.1, 0.15) is 12.1 Å². The SMILES string of the molecule is CC(C)CC(N)C(=O)NCC(=O)NC(Cc1cnc[nH]1)C(=O)NC(CCCCN)C(=O)O. The van der Waals surface area contributed by atoms with E-state index < -0.39 is 41.8 Å². The lowest BCUT2D eigenvalue weighted by Crippen LogP contribution is -2.54. The molecule has 1 rings (SSSR count). The summed E-state index contributed by atoms with van der Waals surface area (Å²) in [6.45, 7) is 3.92. The van der Waals surface area contributed by atoms with Crippen LogP contribution in [-0.4, -0.2) is 70.0 Å². The first-order valence-corrected chi connectivity index (χ1v) is 10.7. The number of aliphatic carboxylic acids is 1. The Morgan fingerprint density at radius 3 is 2.41 bits per heavy atom. The van der Waals surface area contributed by atoms with E-state index in [0.717, 1.165) is 0 Å². The van der Waals surface area contributed by atoms with Crippen LogP contribution in [0, 0.1) is 5.92 Å². The zero-order valence-electron chi connectivity index (χ0n) is 18.6. The van der Waals surface area contributed by atoms with E-state index in [9.17, 15) is 24.3 Å². The molecule has 1 aromatic rings. The normalized spacial score (nSPS) is 13.8. The molecule has 0 aromatic carbocycles. The Morgan fingerprint density at radius 1 is 1.12 bits per heavy atom. The fourth-order valence-corrected chi connectivity index (χ4v) is 3.01. The third-order valence-electron chi connectivity index (χ3n) is 4.68. The molecular formula is C20H35N7O5. The van der Waals surface area contributed by atoms with Gasteiger partial charge in [-0.05, 0) is 38.1 Å². The summed E-state index contributed by atoms with van der Waals surface area (Å²) < 4.78 is 0. The van der Waals surface area contributed by atoms with E-state index in [1.54, 1.807) is 0 Å². The topological polar surface area (TPSA) is 205 Å². The summed E-state index contributed by atoms with van der Waals surface area (Å²) in [6.07, 6.45) is 4.84. The quantitative estimate of drug-likeness (QED) is 0.157. The predicted octanol–water partition coefficient (Wildman–Crippen LogP) is -1.37. The summed E-state index contributed by atoms with van der Waals surface area (Å²) in [5.74, 6) is -2.68. The molecule has 12 nitrogen and oxygen atoms in total. The average molecular weight is 454 g/mol. The van der Waals surface area contributed by atoms with Crippen LogP contribution >= 0.6 is 0 Å². The number of unbranched alkanes of at least 4 members (excludes halogenated alkanes) is 1. The van der Waals surface area contributed by atoms with E-state index in [0.29, 0.717) is 31.5 Å². The second kappa shape index (κ2) is 14.1. The monoisotopic (exact) mass is 453 g/mol. The van der Waals surface area contributed by atoms with Crippen molar-refractivity contribution in [2.75, 3.05) is 13.1 Å². The number of H-pyrrole nitrogens is 1. The Labute approximate surface area is 187 Å². The lowest BCUT2D eigenvalue weighted by Gasteiger charge is -2.21. The van der Waals surface area contributed by atoms with Crippen LogP contribution in [0.4, 0.5) is 0 Å². The number of hydrogen-bond donors (Lipinski definition) is 7. The molecule has 32 heavy (non-hydrogen) atoms. The number of carbonyl (C=O) groups is 4. The van der Waals surface area contributed by atoms with Gasteiger partial charge in [0.25, 0.3) is 0 Å². The van der Waals surface area contributed by atoms with Crippen molar-refractivity contribution >= 4 is 23.7 Å². The molecule has 3 unspecified atom stereocenters. The lowest BCUT2D eigenvalue weighted by molar-refractivity contribution is -0.142. The van der Waals surface area contributed by atoms with Crippen LogP contribution in [0.2, 0.25) is 0 Å². The smallest absolute Gasteiger partial charge is 0.326 e. The minimum absolute atomic E-state index is 0.0630. The third-order valence-corrected chi connectivity index (χ3v) is 4.68. The van der Waals surface area contributed by atoms with Crippen LogP contribution < -0.4 is 27.4 Å². The minimum atomic E-state index is -1.17. The highest BCUT2D eigenvalue weighted by Gasteiger charge is 2.27. The molecule has 0 saturated heterocycles. The van der Waals surface area contributed by atoms with Gasteiger partial charge in [0.2, 0.25) is 17.7 Å². The van der Waals surface area contributed by atoms with Crippen molar-refractivity contribution in [3.63, 3.8) is 0 Å². The average Bonchev–Trinajstić information content (AvgIpc) is 3.23. The van der Waals surface area contributed by atoms with E-state index in [2.05, 4.69) is 25.9 Å². The molecule has 3 atom stereocenters. The van der Waals surface area contributed by atoms with Gasteiger partial charge in [-0.2, -0.15) is 0 Å². The van der Waals surface area contributed by atoms with Crippen LogP contribution in [0.5, 0.6) is 0 Å². The van der Waals surface area contributed by atoms with Crippen molar-refractivity contribution in [2.45, 2.75) is 64.1 Å². The molecular weight excluding hydrogens is 418 g/mol. The van der Waals surface area contributed by atoms with E-state index >= 15 is 0 Å². The Kier molecular flexibility index (Phi) is 12.0. The van der Waals surface area contributed by atoms with Gasteiger partial charge in [-0.3, -0.25) is 14.4 Å². The second-order valence-corrected chi connectivity index (χ2v) is 8.04. The van der Waals surface area contributed by atoms with Crippen LogP contribution in [0.25, 0.3) is 0 Å². The van der Waals surface area contributed by atoms with E-state index in [1.807, 2.05) is 13.8 Å². The van der Waals surface area contributed by atoms with E-state index in [1.165, 1.54) is 12.5 Å². The molecule has 0 aliphatic heterocycles. The summed E-state index contributed by atoms with van der Waals surface area (Å²) in [5.41, 5.74) is 11.8. The molecule has 180 valence electrons. The Balaban J connectivity index is 2.74. The molecule has 0 spiro atoms. The van der Waals surface area contributed by atoms with Crippen molar-refractivity contribution in [1.29, 1.82) is 0 Å². The summed E-state index contributed by atoms with van der Waals surface area (Å²) in [7, 11) is 0. The number of aromatic amines is 1. The number of carboxylic acids is 1. The van der Waals surface area contributed by atoms with Crippen molar-refractivity contribution in [1.82, 2.24) is 25.9 Å². The highest BCUT2D eigenvalue weighted by molar-refractivity contribution is 5.92. The first-order chi connectivity index (χ1) is 15.1. The summed E-state index contributed by atoms with van der Waals surface area (Å²) >= 11 is 0. The van der Waals surface area contributed by atoms with Gasteiger partial charge in [-0.1, -0.05) is 13.8 Å². The molecule has 9 N–H and O–H groups in total. The lowest BCUT2D eigenvalue weighted by atomic mass is 10.0. The standard InChI is InChI=1S/C20H35N7O5/c1-12(2)7-14(22)18(29)24-10-17(28)26-16(8-13-9-23-11-25-13)19(30)27-15(20(31)32)5-3-4-6-21/h9,11-12,14-16H,3-8,10,21-22H2,1-2H3,(H,23,25)(H,24,29)(H,26,28)(H,27,30)(H,31,32). The number of nitrogens with two attached hydrogens (primary N) is 2. The maximum Gasteiger partial charge on any atom is 0.326 e. The van der Waals surface area contributed by atoms with Crippen molar-refractivity contribution in [2.24, 2.45) is 17.4 Å². The number of nitrogens with one attached hydrogen (secondary N) is 4. The molecule has 0 saturated carbocycles. The number of imidazole rings is 1. The molecule has 3 amide bonds. The number of rotatable bonds is 15. The van der Waals surface area contributed by atoms with Crippen molar-refractivity contribution in [3.8, 4) is 0 Å². The highest BCUT2D eigenvalue weighted by atomic mass is 16.4. The Morgan fingerprint density at radius 2 is 1.84 bits per heavy atom. The molecule has 12 heteroatoms. The molecule has 1 aromatic heterocycles. The van der Waals surface area contributed by atoms with E-state index in [-0.39, 0.29) is 25.3 Å². The summed E-state index contributed by atoms with van der Waals surface area (Å²) in [4.78, 5) is 55.4. The fourth-order valence-electron chi connectivity index (χ4n) is 3.01. The maximum atomic E-state index is 12.8. The first kappa shape index (κ1) is 27.0. The number of aromatic nitrogens is 2. The number of hydrogen-bond acceptors (Lipinski definition) is 7. The van der Waals surface area contributed by atoms with Gasteiger partial charge >= 0.3 is 5.97 Å². The van der Waals surface area contributed by atoms with Crippen molar-refractivity contribution in [3.05, 3.63) is 18.2 Å². The van der Waals surface area contributed by atoms with Gasteiger partial charge in [0.15, 0.2) is 0 Å². The number of amides is 3. The van der Waals surface area contributed by atoms with Gasteiger partial charge in [-0.25, -0.2) is 9.78 Å². The third kappa shape index (κ3) is 10.4. The van der Waals surface area contributed by atoms with Gasteiger partial charge in [0.05, 0.1) is 18.9 Å². The number of nitrogens with zero attached hydrogens (tertiary/aromatic N) is 1. The van der Waals surface area contributed by atoms with Crippen LogP contribution in [0.15, 0.2) is 12.5 Å². The minimum Gasteiger partial charge on any atom is -0.480 e. The molecule has 0 bridgehead atoms. The fraction of sp³-hybridized carbons (Fsp3) is 0.650. The molecule has 0 aliphatic rings. The highest BCUT2D eigenvalue weighted by Crippen LogP contribution is 2.05. The van der Waals surface area contributed by atoms with Crippen molar-refractivity contribution < 1.29 is 24.3 Å². The zero-order chi connectivity index (χ0) is 24.1. The van der Waals surface area contributed by atoms with Gasteiger partial charge < -0.3 is 37.5 Å².